The van der Waals surface area contributed by atoms with Gasteiger partial charge < -0.3 is 14.9 Å². The molecular weight excluding hydrogens is 198 g/mol. The first kappa shape index (κ1) is 12.4. The van der Waals surface area contributed by atoms with Crippen molar-refractivity contribution in [1.29, 1.82) is 0 Å². The van der Waals surface area contributed by atoms with E-state index in [2.05, 4.69) is 0 Å². The second-order valence-corrected chi connectivity index (χ2v) is 4.34. The monoisotopic (exact) mass is 217 g/mol. The highest BCUT2D eigenvalue weighted by Gasteiger charge is 2.33. The zero-order chi connectivity index (χ0) is 11.5. The minimum Gasteiger partial charge on any atom is -0.480 e. The third-order valence-corrected chi connectivity index (χ3v) is 2.93. The number of carbonyl (C=O) groups is 1. The second-order valence-electron chi connectivity index (χ2n) is 4.34. The van der Waals surface area contributed by atoms with E-state index in [1.54, 1.807) is 6.92 Å². The third-order valence-electron chi connectivity index (χ3n) is 2.93. The third kappa shape index (κ3) is 3.44. The molecule has 5 nitrogen and oxygen atoms in total. The summed E-state index contributed by atoms with van der Waals surface area (Å²) in [5.74, 6) is -0.863. The van der Waals surface area contributed by atoms with Gasteiger partial charge in [-0.15, -0.1) is 0 Å². The van der Waals surface area contributed by atoms with E-state index in [9.17, 15) is 9.90 Å². The van der Waals surface area contributed by atoms with Crippen LogP contribution in [0.1, 0.15) is 19.8 Å². The highest BCUT2D eigenvalue weighted by Crippen LogP contribution is 2.22. The fraction of sp³-hybridized carbons (Fsp3) is 0.900. The number of hydrogen-bond acceptors (Lipinski definition) is 4. The first-order valence-corrected chi connectivity index (χ1v) is 5.14. The van der Waals surface area contributed by atoms with Crippen molar-refractivity contribution in [1.82, 2.24) is 4.90 Å². The summed E-state index contributed by atoms with van der Waals surface area (Å²) in [7, 11) is 1.50. The van der Waals surface area contributed by atoms with Crippen LogP contribution in [0.4, 0.5) is 0 Å². The van der Waals surface area contributed by atoms with Crippen LogP contribution in [-0.4, -0.2) is 59.5 Å². The van der Waals surface area contributed by atoms with Gasteiger partial charge in [0, 0.05) is 20.2 Å². The van der Waals surface area contributed by atoms with Crippen LogP contribution in [-0.2, 0) is 9.53 Å². The van der Waals surface area contributed by atoms with Crippen LogP contribution in [0, 0.1) is 0 Å². The van der Waals surface area contributed by atoms with E-state index in [-0.39, 0.29) is 6.61 Å². The average molecular weight is 217 g/mol. The summed E-state index contributed by atoms with van der Waals surface area (Å²) < 4.78 is 4.89. The lowest BCUT2D eigenvalue weighted by Gasteiger charge is -2.38. The van der Waals surface area contributed by atoms with E-state index < -0.39 is 17.6 Å². The van der Waals surface area contributed by atoms with Crippen LogP contribution in [0.25, 0.3) is 0 Å². The number of carboxylic acids is 1. The molecule has 5 heteroatoms. The number of carboxylic acid groups (broad SMARTS) is 1. The number of rotatable bonds is 4. The summed E-state index contributed by atoms with van der Waals surface area (Å²) in [6.45, 7) is 3.19. The maximum Gasteiger partial charge on any atom is 0.323 e. The molecule has 88 valence electrons. The highest BCUT2D eigenvalue weighted by molar-refractivity contribution is 5.73. The van der Waals surface area contributed by atoms with Crippen molar-refractivity contribution in [3.05, 3.63) is 0 Å². The maximum absolute atomic E-state index is 11.0. The van der Waals surface area contributed by atoms with Crippen molar-refractivity contribution in [3.63, 3.8) is 0 Å². The first-order chi connectivity index (χ1) is 6.96. The minimum absolute atomic E-state index is 0.192. The molecule has 0 saturated carbocycles. The summed E-state index contributed by atoms with van der Waals surface area (Å²) in [6.07, 6.45) is 1.22. The van der Waals surface area contributed by atoms with Crippen LogP contribution >= 0.6 is 0 Å². The topological polar surface area (TPSA) is 70.0 Å². The Hall–Kier alpha value is -0.650. The maximum atomic E-state index is 11.0. The van der Waals surface area contributed by atoms with Gasteiger partial charge in [0.05, 0.1) is 12.2 Å². The largest absolute Gasteiger partial charge is 0.480 e. The molecule has 2 N–H and O–H groups in total. The zero-order valence-electron chi connectivity index (χ0n) is 9.27. The molecule has 1 heterocycles. The Morgan fingerprint density at radius 1 is 1.53 bits per heavy atom. The lowest BCUT2D eigenvalue weighted by molar-refractivity contribution is -0.147. The van der Waals surface area contributed by atoms with Gasteiger partial charge in [-0.2, -0.15) is 0 Å². The molecule has 0 aromatic rings. The predicted octanol–water partition coefficient (Wildman–Crippen LogP) is -0.0672. The summed E-state index contributed by atoms with van der Waals surface area (Å²) in [4.78, 5) is 12.8. The van der Waals surface area contributed by atoms with E-state index in [1.165, 1.54) is 7.11 Å². The number of piperidine rings is 1. The molecule has 0 spiro atoms. The molecule has 1 aliphatic heterocycles. The smallest absolute Gasteiger partial charge is 0.323 e. The Labute approximate surface area is 89.6 Å². The first-order valence-electron chi connectivity index (χ1n) is 5.14. The van der Waals surface area contributed by atoms with Gasteiger partial charge in [0.25, 0.3) is 0 Å². The predicted molar refractivity (Wildman–Crippen MR) is 54.7 cm³/mol. The molecule has 1 fully saturated rings. The Balaban J connectivity index is 2.52. The van der Waals surface area contributed by atoms with E-state index in [1.807, 2.05) is 4.90 Å². The fourth-order valence-corrected chi connectivity index (χ4v) is 1.81. The summed E-state index contributed by atoms with van der Waals surface area (Å²) in [6, 6.07) is -0.592. The molecule has 1 aliphatic rings. The molecule has 15 heavy (non-hydrogen) atoms. The van der Waals surface area contributed by atoms with Crippen molar-refractivity contribution in [2.75, 3.05) is 26.8 Å². The van der Waals surface area contributed by atoms with Crippen molar-refractivity contribution < 1.29 is 19.7 Å². The molecule has 0 aromatic carbocycles. The van der Waals surface area contributed by atoms with Crippen molar-refractivity contribution >= 4 is 5.97 Å². The fourth-order valence-electron chi connectivity index (χ4n) is 1.81. The van der Waals surface area contributed by atoms with Crippen LogP contribution in [0.2, 0.25) is 0 Å². The molecule has 0 amide bonds. The molecule has 1 atom stereocenters. The van der Waals surface area contributed by atoms with Crippen LogP contribution in [0.15, 0.2) is 0 Å². The lowest BCUT2D eigenvalue weighted by Crippen LogP contribution is -2.51. The molecule has 1 unspecified atom stereocenters. The van der Waals surface area contributed by atoms with Crippen molar-refractivity contribution in [2.24, 2.45) is 0 Å². The van der Waals surface area contributed by atoms with Gasteiger partial charge in [0.15, 0.2) is 0 Å². The Morgan fingerprint density at radius 3 is 2.47 bits per heavy atom. The van der Waals surface area contributed by atoms with Gasteiger partial charge in [-0.1, -0.05) is 0 Å². The van der Waals surface area contributed by atoms with Gasteiger partial charge in [0.1, 0.15) is 6.04 Å². The lowest BCUT2D eigenvalue weighted by atomic mass is 9.93. The van der Waals surface area contributed by atoms with Gasteiger partial charge in [-0.05, 0) is 19.8 Å². The minimum atomic E-state index is -0.863. The number of ether oxygens (including phenoxy) is 1. The van der Waals surface area contributed by atoms with E-state index in [4.69, 9.17) is 9.84 Å². The van der Waals surface area contributed by atoms with Crippen LogP contribution in [0.5, 0.6) is 0 Å². The summed E-state index contributed by atoms with van der Waals surface area (Å²) in [5.41, 5.74) is -0.646. The second kappa shape index (κ2) is 4.92. The normalized spacial score (nSPS) is 23.7. The number of methoxy groups -OCH3 is 1. The molecular formula is C10H19NO4. The highest BCUT2D eigenvalue weighted by atomic mass is 16.5. The number of aliphatic carboxylic acids is 1. The van der Waals surface area contributed by atoms with E-state index >= 15 is 0 Å². The number of hydrogen-bond donors (Lipinski definition) is 2. The number of aliphatic hydroxyl groups is 1. The Bertz CT molecular complexity index is 219. The SMILES string of the molecule is COCC(C(=O)O)N1CCC(C)(O)CC1. The Morgan fingerprint density at radius 2 is 2.07 bits per heavy atom. The van der Waals surface area contributed by atoms with Crippen molar-refractivity contribution in [3.8, 4) is 0 Å². The zero-order valence-corrected chi connectivity index (χ0v) is 9.27. The van der Waals surface area contributed by atoms with Crippen LogP contribution in [0.3, 0.4) is 0 Å². The van der Waals surface area contributed by atoms with E-state index in [0.717, 1.165) is 0 Å². The molecule has 0 radical (unpaired) electrons. The average Bonchev–Trinajstić information content (AvgIpc) is 2.14. The molecule has 0 aliphatic carbocycles. The standard InChI is InChI=1S/C10H19NO4/c1-10(14)3-5-11(6-4-10)8(7-15-2)9(12)13/h8,14H,3-7H2,1-2H3,(H,12,13). The van der Waals surface area contributed by atoms with Gasteiger partial charge in [0.2, 0.25) is 0 Å². The molecule has 0 aromatic heterocycles. The number of nitrogens with zero attached hydrogens (tertiary/aromatic N) is 1. The van der Waals surface area contributed by atoms with Gasteiger partial charge in [-0.25, -0.2) is 0 Å². The molecule has 0 bridgehead atoms. The molecule has 1 saturated heterocycles. The quantitative estimate of drug-likeness (QED) is 0.690. The van der Waals surface area contributed by atoms with E-state index in [0.29, 0.717) is 25.9 Å². The number of likely N-dealkylation sites (tertiary alicyclic amines) is 1. The van der Waals surface area contributed by atoms with Crippen LogP contribution < -0.4 is 0 Å². The summed E-state index contributed by atoms with van der Waals surface area (Å²) >= 11 is 0. The summed E-state index contributed by atoms with van der Waals surface area (Å²) in [5, 5.41) is 18.7. The Kier molecular flexibility index (Phi) is 4.07. The van der Waals surface area contributed by atoms with Gasteiger partial charge >= 0.3 is 5.97 Å². The van der Waals surface area contributed by atoms with Crippen molar-refractivity contribution in [2.45, 2.75) is 31.4 Å². The van der Waals surface area contributed by atoms with Gasteiger partial charge in [-0.3, -0.25) is 9.69 Å². The molecule has 1 rings (SSSR count).